The monoisotopic (exact) mass is 250 g/mol. The average molecular weight is 250 g/mol. The van der Waals surface area contributed by atoms with Crippen LogP contribution in [0.25, 0.3) is 0 Å². The lowest BCUT2D eigenvalue weighted by Crippen LogP contribution is -2.14. The molecule has 0 aliphatic heterocycles. The van der Waals surface area contributed by atoms with E-state index in [-0.39, 0.29) is 12.0 Å². The van der Waals surface area contributed by atoms with E-state index in [0.717, 1.165) is 12.1 Å². The van der Waals surface area contributed by atoms with Crippen LogP contribution in [0.3, 0.4) is 0 Å². The van der Waals surface area contributed by atoms with Gasteiger partial charge in [-0.3, -0.25) is 4.79 Å². The lowest BCUT2D eigenvalue weighted by molar-refractivity contribution is -0.141. The highest BCUT2D eigenvalue weighted by molar-refractivity contribution is 5.69. The minimum atomic E-state index is -4.60. The van der Waals surface area contributed by atoms with Gasteiger partial charge in [-0.1, -0.05) is 13.0 Å². The number of aliphatic carboxylic acids is 1. The summed E-state index contributed by atoms with van der Waals surface area (Å²) >= 11 is 0. The summed E-state index contributed by atoms with van der Waals surface area (Å²) in [7, 11) is 0. The van der Waals surface area contributed by atoms with Crippen LogP contribution in [0, 0.1) is 11.7 Å². The lowest BCUT2D eigenvalue weighted by Gasteiger charge is -2.10. The van der Waals surface area contributed by atoms with Gasteiger partial charge in [0.15, 0.2) is 0 Å². The fourth-order valence-electron chi connectivity index (χ4n) is 1.31. The first kappa shape index (κ1) is 13.5. The third-order valence-electron chi connectivity index (χ3n) is 2.33. The van der Waals surface area contributed by atoms with Crippen LogP contribution < -0.4 is 0 Å². The number of benzene rings is 1. The third-order valence-corrected chi connectivity index (χ3v) is 2.33. The van der Waals surface area contributed by atoms with Crippen LogP contribution in [0.5, 0.6) is 0 Å². The van der Waals surface area contributed by atoms with Crippen molar-refractivity contribution in [2.45, 2.75) is 19.5 Å². The second-order valence-electron chi connectivity index (χ2n) is 3.75. The molecule has 94 valence electrons. The van der Waals surface area contributed by atoms with Crippen LogP contribution in [0.4, 0.5) is 17.6 Å². The van der Waals surface area contributed by atoms with Crippen LogP contribution in [0.15, 0.2) is 18.2 Å². The molecule has 2 nitrogen and oxygen atoms in total. The maximum Gasteiger partial charge on any atom is 0.416 e. The summed E-state index contributed by atoms with van der Waals surface area (Å²) in [6, 6.07) is 2.09. The Morgan fingerprint density at radius 2 is 2.00 bits per heavy atom. The van der Waals surface area contributed by atoms with Gasteiger partial charge in [-0.15, -0.1) is 0 Å². The van der Waals surface area contributed by atoms with Crippen molar-refractivity contribution in [2.24, 2.45) is 5.92 Å². The van der Waals surface area contributed by atoms with Crippen LogP contribution in [-0.4, -0.2) is 11.1 Å². The number of alkyl halides is 3. The number of hydrogen-bond donors (Lipinski definition) is 1. The molecule has 6 heteroatoms. The summed E-state index contributed by atoms with van der Waals surface area (Å²) < 4.78 is 50.0. The molecule has 0 aromatic heterocycles. The molecule has 0 saturated heterocycles. The topological polar surface area (TPSA) is 37.3 Å². The van der Waals surface area contributed by atoms with Gasteiger partial charge in [0.2, 0.25) is 0 Å². The Labute approximate surface area is 94.9 Å². The fourth-order valence-corrected chi connectivity index (χ4v) is 1.31. The predicted molar refractivity (Wildman–Crippen MR) is 51.9 cm³/mol. The van der Waals surface area contributed by atoms with E-state index in [2.05, 4.69) is 0 Å². The van der Waals surface area contributed by atoms with Crippen molar-refractivity contribution < 1.29 is 27.5 Å². The van der Waals surface area contributed by atoms with E-state index in [4.69, 9.17) is 5.11 Å². The van der Waals surface area contributed by atoms with E-state index in [1.807, 2.05) is 0 Å². The van der Waals surface area contributed by atoms with E-state index in [9.17, 15) is 22.4 Å². The van der Waals surface area contributed by atoms with Gasteiger partial charge in [-0.25, -0.2) is 4.39 Å². The molecule has 1 atom stereocenters. The largest absolute Gasteiger partial charge is 0.481 e. The summed E-state index contributed by atoms with van der Waals surface area (Å²) in [6.07, 6.45) is -4.74. The lowest BCUT2D eigenvalue weighted by atomic mass is 9.99. The molecule has 0 amide bonds. The van der Waals surface area contributed by atoms with Crippen LogP contribution >= 0.6 is 0 Å². The van der Waals surface area contributed by atoms with Gasteiger partial charge < -0.3 is 5.11 Å². The third kappa shape index (κ3) is 3.44. The fraction of sp³-hybridized carbons (Fsp3) is 0.364. The zero-order chi connectivity index (χ0) is 13.2. The predicted octanol–water partition coefficient (Wildman–Crippen LogP) is 3.11. The summed E-state index contributed by atoms with van der Waals surface area (Å²) in [5.74, 6) is -3.00. The highest BCUT2D eigenvalue weighted by Gasteiger charge is 2.31. The molecule has 0 aliphatic rings. The van der Waals surface area contributed by atoms with Gasteiger partial charge >= 0.3 is 12.1 Å². The Kier molecular flexibility index (Phi) is 3.75. The molecule has 0 heterocycles. The van der Waals surface area contributed by atoms with Crippen LogP contribution in [-0.2, 0) is 17.4 Å². The van der Waals surface area contributed by atoms with Crippen molar-refractivity contribution in [3.05, 3.63) is 35.1 Å². The smallest absolute Gasteiger partial charge is 0.416 e. The summed E-state index contributed by atoms with van der Waals surface area (Å²) in [5.41, 5.74) is -1.12. The van der Waals surface area contributed by atoms with Crippen molar-refractivity contribution in [2.75, 3.05) is 0 Å². The molecule has 0 aliphatic carbocycles. The summed E-state index contributed by atoms with van der Waals surface area (Å²) in [6.45, 7) is 1.36. The molecule has 17 heavy (non-hydrogen) atoms. The number of carboxylic acid groups (broad SMARTS) is 1. The first-order chi connectivity index (χ1) is 7.71. The highest BCUT2D eigenvalue weighted by atomic mass is 19.4. The van der Waals surface area contributed by atoms with E-state index >= 15 is 0 Å². The van der Waals surface area contributed by atoms with Crippen LogP contribution in [0.1, 0.15) is 18.1 Å². The van der Waals surface area contributed by atoms with Crippen molar-refractivity contribution in [1.82, 2.24) is 0 Å². The van der Waals surface area contributed by atoms with E-state index in [1.165, 1.54) is 6.92 Å². The van der Waals surface area contributed by atoms with Crippen LogP contribution in [0.2, 0.25) is 0 Å². The Hall–Kier alpha value is -1.59. The van der Waals surface area contributed by atoms with E-state index in [1.54, 1.807) is 0 Å². The maximum absolute atomic E-state index is 13.3. The van der Waals surface area contributed by atoms with Crippen molar-refractivity contribution in [3.8, 4) is 0 Å². The molecule has 0 spiro atoms. The molecule has 1 N–H and O–H groups in total. The summed E-state index contributed by atoms with van der Waals surface area (Å²) in [4.78, 5) is 10.5. The second-order valence-corrected chi connectivity index (χ2v) is 3.75. The van der Waals surface area contributed by atoms with Gasteiger partial charge in [0, 0.05) is 0 Å². The number of rotatable bonds is 3. The molecule has 1 aromatic rings. The van der Waals surface area contributed by atoms with Crippen molar-refractivity contribution in [3.63, 3.8) is 0 Å². The quantitative estimate of drug-likeness (QED) is 0.837. The zero-order valence-corrected chi connectivity index (χ0v) is 8.88. The standard InChI is InChI=1S/C11H10F4O2/c1-6(10(16)17)4-7-2-3-8(5-9(7)12)11(13,14)15/h2-3,5-6H,4H2,1H3,(H,16,17). The highest BCUT2D eigenvalue weighted by Crippen LogP contribution is 2.30. The Bertz CT molecular complexity index is 426. The Balaban J connectivity index is 2.95. The van der Waals surface area contributed by atoms with Gasteiger partial charge in [0.25, 0.3) is 0 Å². The Morgan fingerprint density at radius 1 is 1.41 bits per heavy atom. The molecule has 0 fully saturated rings. The number of carboxylic acids is 1. The van der Waals surface area contributed by atoms with Gasteiger partial charge in [-0.05, 0) is 24.1 Å². The molecule has 0 bridgehead atoms. The van der Waals surface area contributed by atoms with E-state index in [0.29, 0.717) is 6.07 Å². The van der Waals surface area contributed by atoms with Crippen molar-refractivity contribution in [1.29, 1.82) is 0 Å². The normalized spacial score (nSPS) is 13.5. The van der Waals surface area contributed by atoms with E-state index < -0.39 is 29.4 Å². The minimum Gasteiger partial charge on any atom is -0.481 e. The summed E-state index contributed by atoms with van der Waals surface area (Å²) in [5, 5.41) is 8.62. The SMILES string of the molecule is CC(Cc1ccc(C(F)(F)F)cc1F)C(=O)O. The molecule has 1 unspecified atom stereocenters. The average Bonchev–Trinajstić information content (AvgIpc) is 2.19. The number of hydrogen-bond acceptors (Lipinski definition) is 1. The second kappa shape index (κ2) is 4.73. The van der Waals surface area contributed by atoms with Crippen molar-refractivity contribution >= 4 is 5.97 Å². The maximum atomic E-state index is 13.3. The van der Waals surface area contributed by atoms with Gasteiger partial charge in [0.1, 0.15) is 5.82 Å². The molecule has 1 aromatic carbocycles. The zero-order valence-electron chi connectivity index (χ0n) is 8.88. The van der Waals surface area contributed by atoms with Gasteiger partial charge in [-0.2, -0.15) is 13.2 Å². The number of halogens is 4. The molecular weight excluding hydrogens is 240 g/mol. The molecule has 0 saturated carbocycles. The first-order valence-electron chi connectivity index (χ1n) is 4.80. The minimum absolute atomic E-state index is 0.0344. The van der Waals surface area contributed by atoms with Gasteiger partial charge in [0.05, 0.1) is 11.5 Å². The molecule has 1 rings (SSSR count). The number of carbonyl (C=O) groups is 1. The molecule has 0 radical (unpaired) electrons. The first-order valence-corrected chi connectivity index (χ1v) is 4.80. The molecular formula is C11H10F4O2. The Morgan fingerprint density at radius 3 is 2.41 bits per heavy atom.